The number of piperazine rings is 1. The summed E-state index contributed by atoms with van der Waals surface area (Å²) in [5.41, 5.74) is 1.57. The molecule has 0 N–H and O–H groups in total. The molecule has 1 aliphatic heterocycles. The van der Waals surface area contributed by atoms with Crippen LogP contribution >= 0.6 is 0 Å². The van der Waals surface area contributed by atoms with Gasteiger partial charge in [0.15, 0.2) is 6.61 Å². The maximum Gasteiger partial charge on any atom is 0.259 e. The number of anilines is 1. The molecule has 0 unspecified atom stereocenters. The Morgan fingerprint density at radius 3 is 2.41 bits per heavy atom. The highest BCUT2D eigenvalue weighted by Crippen LogP contribution is 2.24. The average Bonchev–Trinajstić information content (AvgIpc) is 2.77. The zero-order chi connectivity index (χ0) is 20.8. The third-order valence-corrected chi connectivity index (χ3v) is 4.95. The molecule has 1 aliphatic rings. The van der Waals surface area contributed by atoms with Crippen LogP contribution < -0.4 is 14.4 Å². The van der Waals surface area contributed by atoms with E-state index in [0.717, 1.165) is 24.5 Å². The van der Waals surface area contributed by atoms with Gasteiger partial charge in [0.05, 0.1) is 12.7 Å². The number of nitrogens with zero attached hydrogens (tertiary/aromatic N) is 3. The van der Waals surface area contributed by atoms with Gasteiger partial charge in [0.25, 0.3) is 11.8 Å². The number of para-hydroxylation sites is 1. The summed E-state index contributed by atoms with van der Waals surface area (Å²) >= 11 is 0. The van der Waals surface area contributed by atoms with Gasteiger partial charge in [-0.1, -0.05) is 18.2 Å². The highest BCUT2D eigenvalue weighted by atomic mass is 16.5. The highest BCUT2D eigenvalue weighted by Gasteiger charge is 2.24. The van der Waals surface area contributed by atoms with Crippen molar-refractivity contribution in [3.63, 3.8) is 0 Å². The van der Waals surface area contributed by atoms with Gasteiger partial charge in [0, 0.05) is 52.0 Å². The Balaban J connectivity index is 1.64. The van der Waals surface area contributed by atoms with Gasteiger partial charge in [0.2, 0.25) is 0 Å². The first kappa shape index (κ1) is 20.5. The molecule has 154 valence electrons. The van der Waals surface area contributed by atoms with Crippen LogP contribution in [0, 0.1) is 0 Å². The van der Waals surface area contributed by atoms with E-state index in [9.17, 15) is 9.59 Å². The molecule has 29 heavy (non-hydrogen) atoms. The number of rotatable bonds is 6. The maximum atomic E-state index is 13.1. The fourth-order valence-electron chi connectivity index (χ4n) is 3.18. The van der Waals surface area contributed by atoms with Crippen molar-refractivity contribution in [2.75, 3.05) is 58.9 Å². The summed E-state index contributed by atoms with van der Waals surface area (Å²) in [5, 5.41) is 0. The van der Waals surface area contributed by atoms with E-state index in [2.05, 4.69) is 4.90 Å². The lowest BCUT2D eigenvalue weighted by Gasteiger charge is -2.36. The van der Waals surface area contributed by atoms with Crippen molar-refractivity contribution in [2.45, 2.75) is 0 Å². The molecule has 1 fully saturated rings. The minimum atomic E-state index is -0.154. The number of carbonyl (C=O) groups is 2. The van der Waals surface area contributed by atoms with E-state index in [-0.39, 0.29) is 18.4 Å². The quantitative estimate of drug-likeness (QED) is 0.747. The number of ether oxygens (including phenoxy) is 2. The number of carbonyl (C=O) groups excluding carboxylic acids is 2. The SMILES string of the molecule is COc1cccc(N2CCN(C(=O)c3ccccc3OCC(=O)N(C)C)CC2)c1. The van der Waals surface area contributed by atoms with Crippen molar-refractivity contribution >= 4 is 17.5 Å². The Labute approximate surface area is 171 Å². The number of methoxy groups -OCH3 is 1. The lowest BCUT2D eigenvalue weighted by Crippen LogP contribution is -2.48. The number of amides is 2. The predicted molar refractivity (Wildman–Crippen MR) is 112 cm³/mol. The van der Waals surface area contributed by atoms with E-state index < -0.39 is 0 Å². The number of benzene rings is 2. The van der Waals surface area contributed by atoms with Crippen molar-refractivity contribution in [2.24, 2.45) is 0 Å². The molecular weight excluding hydrogens is 370 g/mol. The van der Waals surface area contributed by atoms with Crippen molar-refractivity contribution in [1.82, 2.24) is 9.80 Å². The summed E-state index contributed by atoms with van der Waals surface area (Å²) in [5.74, 6) is 1.02. The second-order valence-electron chi connectivity index (χ2n) is 7.05. The second kappa shape index (κ2) is 9.32. The van der Waals surface area contributed by atoms with E-state index in [0.29, 0.717) is 24.4 Å². The minimum absolute atomic E-state index is 0.0804. The smallest absolute Gasteiger partial charge is 0.259 e. The molecule has 1 saturated heterocycles. The Morgan fingerprint density at radius 1 is 1.00 bits per heavy atom. The van der Waals surface area contributed by atoms with Gasteiger partial charge in [0.1, 0.15) is 11.5 Å². The summed E-state index contributed by atoms with van der Waals surface area (Å²) < 4.78 is 10.9. The van der Waals surface area contributed by atoms with E-state index in [4.69, 9.17) is 9.47 Å². The molecule has 0 aliphatic carbocycles. The van der Waals surface area contributed by atoms with Crippen molar-refractivity contribution in [1.29, 1.82) is 0 Å². The van der Waals surface area contributed by atoms with E-state index in [1.807, 2.05) is 29.2 Å². The van der Waals surface area contributed by atoms with Crippen LogP contribution in [0.2, 0.25) is 0 Å². The Kier molecular flexibility index (Phi) is 6.59. The van der Waals surface area contributed by atoms with Crippen LogP contribution in [-0.4, -0.2) is 75.6 Å². The molecule has 0 saturated carbocycles. The van der Waals surface area contributed by atoms with Gasteiger partial charge in [-0.25, -0.2) is 0 Å². The lowest BCUT2D eigenvalue weighted by atomic mass is 10.1. The molecule has 2 aromatic rings. The summed E-state index contributed by atoms with van der Waals surface area (Å²) in [6.07, 6.45) is 0. The molecule has 0 atom stereocenters. The summed E-state index contributed by atoms with van der Waals surface area (Å²) in [7, 11) is 5.00. The Hall–Kier alpha value is -3.22. The summed E-state index contributed by atoms with van der Waals surface area (Å²) in [6, 6.07) is 15.0. The first-order valence-electron chi connectivity index (χ1n) is 9.60. The minimum Gasteiger partial charge on any atom is -0.497 e. The van der Waals surface area contributed by atoms with Crippen LogP contribution in [0.3, 0.4) is 0 Å². The second-order valence-corrected chi connectivity index (χ2v) is 7.05. The van der Waals surface area contributed by atoms with Gasteiger partial charge < -0.3 is 24.2 Å². The number of hydrogen-bond acceptors (Lipinski definition) is 5. The predicted octanol–water partition coefficient (Wildman–Crippen LogP) is 2.12. The van der Waals surface area contributed by atoms with E-state index in [1.165, 1.54) is 4.90 Å². The first-order valence-corrected chi connectivity index (χ1v) is 9.60. The van der Waals surface area contributed by atoms with Crippen LogP contribution in [0.25, 0.3) is 0 Å². The Morgan fingerprint density at radius 2 is 1.72 bits per heavy atom. The summed E-state index contributed by atoms with van der Waals surface area (Å²) in [6.45, 7) is 2.60. The standard InChI is InChI=1S/C22H27N3O4/c1-23(2)21(26)16-29-20-10-5-4-9-19(20)22(27)25-13-11-24(12-14-25)17-7-6-8-18(15-17)28-3/h4-10,15H,11-14,16H2,1-3H3. The van der Waals surface area contributed by atoms with Gasteiger partial charge in [-0.2, -0.15) is 0 Å². The number of hydrogen-bond donors (Lipinski definition) is 0. The van der Waals surface area contributed by atoms with Gasteiger partial charge in [-0.3, -0.25) is 9.59 Å². The largest absolute Gasteiger partial charge is 0.497 e. The van der Waals surface area contributed by atoms with Gasteiger partial charge in [-0.05, 0) is 24.3 Å². The van der Waals surface area contributed by atoms with Crippen LogP contribution in [0.1, 0.15) is 10.4 Å². The van der Waals surface area contributed by atoms with Crippen LogP contribution in [0.5, 0.6) is 11.5 Å². The average molecular weight is 397 g/mol. The van der Waals surface area contributed by atoms with E-state index in [1.54, 1.807) is 45.5 Å². The van der Waals surface area contributed by atoms with Gasteiger partial charge in [-0.15, -0.1) is 0 Å². The maximum absolute atomic E-state index is 13.1. The fraction of sp³-hybridized carbons (Fsp3) is 0.364. The molecule has 0 spiro atoms. The third-order valence-electron chi connectivity index (χ3n) is 4.95. The Bertz CT molecular complexity index is 861. The zero-order valence-corrected chi connectivity index (χ0v) is 17.1. The first-order chi connectivity index (χ1) is 14.0. The van der Waals surface area contributed by atoms with Crippen molar-refractivity contribution < 1.29 is 19.1 Å². The van der Waals surface area contributed by atoms with Crippen LogP contribution in [-0.2, 0) is 4.79 Å². The molecule has 0 bridgehead atoms. The van der Waals surface area contributed by atoms with Crippen molar-refractivity contribution in [3.05, 3.63) is 54.1 Å². The molecule has 2 aromatic carbocycles. The molecule has 0 radical (unpaired) electrons. The lowest BCUT2D eigenvalue weighted by molar-refractivity contribution is -0.130. The summed E-state index contributed by atoms with van der Waals surface area (Å²) in [4.78, 5) is 30.4. The molecule has 1 heterocycles. The molecule has 3 rings (SSSR count). The van der Waals surface area contributed by atoms with Crippen LogP contribution in [0.15, 0.2) is 48.5 Å². The van der Waals surface area contributed by atoms with Crippen molar-refractivity contribution in [3.8, 4) is 11.5 Å². The molecule has 7 nitrogen and oxygen atoms in total. The monoisotopic (exact) mass is 397 g/mol. The van der Waals surface area contributed by atoms with Gasteiger partial charge >= 0.3 is 0 Å². The highest BCUT2D eigenvalue weighted by molar-refractivity contribution is 5.97. The van der Waals surface area contributed by atoms with E-state index >= 15 is 0 Å². The van der Waals surface area contributed by atoms with Crippen LogP contribution in [0.4, 0.5) is 5.69 Å². The number of likely N-dealkylation sites (N-methyl/N-ethyl adjacent to an activating group) is 1. The molecule has 2 amide bonds. The fourth-order valence-corrected chi connectivity index (χ4v) is 3.18. The molecule has 0 aromatic heterocycles. The topological polar surface area (TPSA) is 62.3 Å². The molecular formula is C22H27N3O4. The third kappa shape index (κ3) is 4.99. The zero-order valence-electron chi connectivity index (χ0n) is 17.1. The molecule has 7 heteroatoms. The normalized spacial score (nSPS) is 13.8.